The van der Waals surface area contributed by atoms with Gasteiger partial charge < -0.3 is 5.32 Å². The number of ketones is 1. The SMILES string of the molecule is CCc1ccc(-n2nc(C)c3c2NC(=O)C[C@@H]3C(=O)c2cc(C)sc2C)cc1. The monoisotopic (exact) mass is 393 g/mol. The predicted octanol–water partition coefficient (Wildman–Crippen LogP) is 4.73. The molecule has 5 nitrogen and oxygen atoms in total. The summed E-state index contributed by atoms with van der Waals surface area (Å²) in [4.78, 5) is 27.9. The highest BCUT2D eigenvalue weighted by Crippen LogP contribution is 2.39. The number of benzene rings is 1. The minimum Gasteiger partial charge on any atom is -0.310 e. The topological polar surface area (TPSA) is 64.0 Å². The van der Waals surface area contributed by atoms with Crippen molar-refractivity contribution in [2.45, 2.75) is 46.5 Å². The summed E-state index contributed by atoms with van der Waals surface area (Å²) in [5, 5.41) is 7.60. The first kappa shape index (κ1) is 18.6. The highest BCUT2D eigenvalue weighted by molar-refractivity contribution is 7.12. The molecule has 0 fully saturated rings. The number of hydrogen-bond acceptors (Lipinski definition) is 4. The van der Waals surface area contributed by atoms with Crippen molar-refractivity contribution >= 4 is 28.8 Å². The molecule has 0 saturated heterocycles. The molecule has 144 valence electrons. The molecule has 1 aliphatic heterocycles. The predicted molar refractivity (Wildman–Crippen MR) is 112 cm³/mol. The first-order valence-electron chi connectivity index (χ1n) is 9.49. The zero-order valence-electron chi connectivity index (χ0n) is 16.5. The van der Waals surface area contributed by atoms with Gasteiger partial charge in [0.25, 0.3) is 0 Å². The largest absolute Gasteiger partial charge is 0.310 e. The van der Waals surface area contributed by atoms with Crippen molar-refractivity contribution in [3.63, 3.8) is 0 Å². The average Bonchev–Trinajstić information content (AvgIpc) is 3.19. The van der Waals surface area contributed by atoms with Crippen LogP contribution in [0.15, 0.2) is 30.3 Å². The van der Waals surface area contributed by atoms with Crippen molar-refractivity contribution in [1.29, 1.82) is 0 Å². The van der Waals surface area contributed by atoms with E-state index < -0.39 is 5.92 Å². The van der Waals surface area contributed by atoms with Gasteiger partial charge in [-0.1, -0.05) is 19.1 Å². The number of rotatable bonds is 4. The van der Waals surface area contributed by atoms with E-state index in [2.05, 4.69) is 29.5 Å². The number of Topliss-reactive ketones (excluding diaryl/α,β-unsaturated/α-hetero) is 1. The second-order valence-electron chi connectivity index (χ2n) is 7.28. The molecule has 1 N–H and O–H groups in total. The maximum Gasteiger partial charge on any atom is 0.226 e. The zero-order chi connectivity index (χ0) is 20.0. The first-order valence-corrected chi connectivity index (χ1v) is 10.3. The van der Waals surface area contributed by atoms with E-state index >= 15 is 0 Å². The highest BCUT2D eigenvalue weighted by Gasteiger charge is 2.37. The van der Waals surface area contributed by atoms with E-state index in [0.29, 0.717) is 11.4 Å². The number of amides is 1. The summed E-state index contributed by atoms with van der Waals surface area (Å²) in [7, 11) is 0. The molecule has 6 heteroatoms. The van der Waals surface area contributed by atoms with Crippen molar-refractivity contribution in [3.05, 3.63) is 62.5 Å². The van der Waals surface area contributed by atoms with Gasteiger partial charge >= 0.3 is 0 Å². The van der Waals surface area contributed by atoms with Crippen LogP contribution in [0.1, 0.15) is 56.2 Å². The van der Waals surface area contributed by atoms with Crippen LogP contribution in [-0.4, -0.2) is 21.5 Å². The van der Waals surface area contributed by atoms with Crippen LogP contribution in [0.4, 0.5) is 5.82 Å². The van der Waals surface area contributed by atoms with Crippen molar-refractivity contribution in [3.8, 4) is 5.69 Å². The molecule has 1 aromatic carbocycles. The third-order valence-corrected chi connectivity index (χ3v) is 6.28. The van der Waals surface area contributed by atoms with Crippen LogP contribution in [0.5, 0.6) is 0 Å². The Balaban J connectivity index is 1.80. The fourth-order valence-electron chi connectivity index (χ4n) is 3.89. The van der Waals surface area contributed by atoms with E-state index in [1.54, 1.807) is 16.0 Å². The summed E-state index contributed by atoms with van der Waals surface area (Å²) >= 11 is 1.61. The average molecular weight is 394 g/mol. The molecular formula is C22H23N3O2S. The minimum absolute atomic E-state index is 0.00179. The van der Waals surface area contributed by atoms with E-state index in [9.17, 15) is 9.59 Å². The summed E-state index contributed by atoms with van der Waals surface area (Å²) in [5.74, 6) is -0.0372. The van der Waals surface area contributed by atoms with Crippen molar-refractivity contribution in [1.82, 2.24) is 9.78 Å². The van der Waals surface area contributed by atoms with Gasteiger partial charge in [0.1, 0.15) is 5.82 Å². The number of fused-ring (bicyclic) bond motifs is 1. The molecule has 0 saturated carbocycles. The second kappa shape index (κ2) is 7.02. The molecule has 1 atom stereocenters. The van der Waals surface area contributed by atoms with Gasteiger partial charge in [0.05, 0.1) is 17.3 Å². The van der Waals surface area contributed by atoms with Crippen molar-refractivity contribution in [2.75, 3.05) is 5.32 Å². The normalized spacial score (nSPS) is 16.0. The Morgan fingerprint density at radius 2 is 1.96 bits per heavy atom. The lowest BCUT2D eigenvalue weighted by Gasteiger charge is -2.23. The van der Waals surface area contributed by atoms with E-state index in [0.717, 1.165) is 33.1 Å². The van der Waals surface area contributed by atoms with Crippen LogP contribution in [0.3, 0.4) is 0 Å². The smallest absolute Gasteiger partial charge is 0.226 e. The Labute approximate surface area is 168 Å². The summed E-state index contributed by atoms with van der Waals surface area (Å²) < 4.78 is 1.74. The highest BCUT2D eigenvalue weighted by atomic mass is 32.1. The molecule has 3 aromatic rings. The molecule has 1 amide bonds. The van der Waals surface area contributed by atoms with Crippen LogP contribution in [0.25, 0.3) is 5.69 Å². The van der Waals surface area contributed by atoms with E-state index in [-0.39, 0.29) is 18.1 Å². The van der Waals surface area contributed by atoms with Gasteiger partial charge in [-0.2, -0.15) is 5.10 Å². The Hall–Kier alpha value is -2.73. The Bertz CT molecular complexity index is 1080. The number of nitrogens with zero attached hydrogens (tertiary/aromatic N) is 2. The fraction of sp³-hybridized carbons (Fsp3) is 0.318. The number of aryl methyl sites for hydroxylation is 4. The summed E-state index contributed by atoms with van der Waals surface area (Å²) in [6, 6.07) is 10.0. The zero-order valence-corrected chi connectivity index (χ0v) is 17.3. The number of hydrogen-bond donors (Lipinski definition) is 1. The Kier molecular flexibility index (Phi) is 4.67. The second-order valence-corrected chi connectivity index (χ2v) is 8.74. The Morgan fingerprint density at radius 1 is 1.25 bits per heavy atom. The first-order chi connectivity index (χ1) is 13.4. The van der Waals surface area contributed by atoms with Crippen LogP contribution in [0.2, 0.25) is 0 Å². The molecule has 0 spiro atoms. The number of carbonyl (C=O) groups is 2. The lowest BCUT2D eigenvalue weighted by molar-refractivity contribution is -0.116. The summed E-state index contributed by atoms with van der Waals surface area (Å²) in [5.41, 5.74) is 4.43. The number of aromatic nitrogens is 2. The molecule has 28 heavy (non-hydrogen) atoms. The van der Waals surface area contributed by atoms with Gasteiger partial charge in [0, 0.05) is 27.3 Å². The molecule has 0 radical (unpaired) electrons. The van der Waals surface area contributed by atoms with Crippen LogP contribution >= 0.6 is 11.3 Å². The fourth-order valence-corrected chi connectivity index (χ4v) is 4.82. The molecule has 1 aliphatic rings. The van der Waals surface area contributed by atoms with Crippen molar-refractivity contribution < 1.29 is 9.59 Å². The standard InChI is InChI=1S/C22H23N3O2S/c1-5-15-6-8-16(9-7-15)25-22-20(13(3)24-25)18(11-19(26)23-22)21(27)17-10-12(2)28-14(17)4/h6-10,18H,5,11H2,1-4H3,(H,23,26)/t18-/m0/s1. The van der Waals surface area contributed by atoms with Crippen LogP contribution in [-0.2, 0) is 11.2 Å². The van der Waals surface area contributed by atoms with Gasteiger partial charge in [0.15, 0.2) is 5.78 Å². The third-order valence-electron chi connectivity index (χ3n) is 5.31. The molecule has 0 bridgehead atoms. The van der Waals surface area contributed by atoms with E-state index in [1.807, 2.05) is 39.0 Å². The molecule has 0 unspecified atom stereocenters. The molecule has 0 aliphatic carbocycles. The van der Waals surface area contributed by atoms with Crippen LogP contribution in [0, 0.1) is 20.8 Å². The molecule has 3 heterocycles. The quantitative estimate of drug-likeness (QED) is 0.652. The number of nitrogens with one attached hydrogen (secondary N) is 1. The third kappa shape index (κ3) is 3.07. The van der Waals surface area contributed by atoms with E-state index in [4.69, 9.17) is 0 Å². The molecule has 4 rings (SSSR count). The lowest BCUT2D eigenvalue weighted by atomic mass is 9.85. The van der Waals surface area contributed by atoms with Crippen molar-refractivity contribution in [2.24, 2.45) is 0 Å². The van der Waals surface area contributed by atoms with Gasteiger partial charge in [-0.25, -0.2) is 4.68 Å². The van der Waals surface area contributed by atoms with Gasteiger partial charge in [-0.05, 0) is 51.0 Å². The lowest BCUT2D eigenvalue weighted by Crippen LogP contribution is -2.28. The summed E-state index contributed by atoms with van der Waals surface area (Å²) in [6.07, 6.45) is 1.12. The van der Waals surface area contributed by atoms with Gasteiger partial charge in [-0.3, -0.25) is 9.59 Å². The number of anilines is 1. The molecule has 2 aromatic heterocycles. The Morgan fingerprint density at radius 3 is 2.57 bits per heavy atom. The maximum atomic E-state index is 13.3. The van der Waals surface area contributed by atoms with Gasteiger partial charge in [-0.15, -0.1) is 11.3 Å². The number of carbonyl (C=O) groups excluding carboxylic acids is 2. The van der Waals surface area contributed by atoms with Gasteiger partial charge in [0.2, 0.25) is 5.91 Å². The summed E-state index contributed by atoms with van der Waals surface area (Å²) in [6.45, 7) is 7.97. The number of thiophene rings is 1. The maximum absolute atomic E-state index is 13.3. The molecular weight excluding hydrogens is 370 g/mol. The minimum atomic E-state index is -0.500. The van der Waals surface area contributed by atoms with E-state index in [1.165, 1.54) is 5.56 Å². The van der Waals surface area contributed by atoms with Crippen LogP contribution < -0.4 is 5.32 Å².